The Morgan fingerprint density at radius 1 is 1.22 bits per heavy atom. The summed E-state index contributed by atoms with van der Waals surface area (Å²) in [5.74, 6) is 0.511. The zero-order valence-electron chi connectivity index (χ0n) is 14.0. The van der Waals surface area contributed by atoms with Crippen LogP contribution in [0.25, 0.3) is 0 Å². The number of nitrogens with zero attached hydrogens (tertiary/aromatic N) is 1. The van der Waals surface area contributed by atoms with Gasteiger partial charge in [0.05, 0.1) is 0 Å². The van der Waals surface area contributed by atoms with Crippen molar-refractivity contribution in [2.75, 3.05) is 13.1 Å². The fourth-order valence-corrected chi connectivity index (χ4v) is 3.10. The summed E-state index contributed by atoms with van der Waals surface area (Å²) in [6.45, 7) is 5.49. The van der Waals surface area contributed by atoms with Crippen molar-refractivity contribution >= 4 is 24.1 Å². The first-order valence-electron chi connectivity index (χ1n) is 8.16. The molecule has 0 bridgehead atoms. The highest BCUT2D eigenvalue weighted by Crippen LogP contribution is 2.23. The van der Waals surface area contributed by atoms with Gasteiger partial charge in [-0.2, -0.15) is 0 Å². The number of nitrogens with two attached hydrogens (primary N) is 1. The quantitative estimate of drug-likeness (QED) is 0.811. The molecule has 1 aliphatic heterocycles. The molecule has 0 saturated carbocycles. The van der Waals surface area contributed by atoms with Gasteiger partial charge in [-0.3, -0.25) is 9.59 Å². The van der Waals surface area contributed by atoms with Gasteiger partial charge in [0.25, 0.3) is 0 Å². The average Bonchev–Trinajstić information content (AvgIpc) is 2.93. The lowest BCUT2D eigenvalue weighted by molar-refractivity contribution is -0.131. The van der Waals surface area contributed by atoms with Gasteiger partial charge in [0.15, 0.2) is 5.78 Å². The largest absolute Gasteiger partial charge is 0.340 e. The highest BCUT2D eigenvalue weighted by atomic mass is 35.5. The van der Waals surface area contributed by atoms with Gasteiger partial charge in [0, 0.05) is 31.0 Å². The van der Waals surface area contributed by atoms with Crippen LogP contribution in [-0.4, -0.2) is 35.7 Å². The van der Waals surface area contributed by atoms with Gasteiger partial charge in [-0.1, -0.05) is 31.2 Å². The van der Waals surface area contributed by atoms with Crippen LogP contribution in [0.5, 0.6) is 0 Å². The smallest absolute Gasteiger partial charge is 0.223 e. The topological polar surface area (TPSA) is 63.4 Å². The van der Waals surface area contributed by atoms with E-state index >= 15 is 0 Å². The summed E-state index contributed by atoms with van der Waals surface area (Å²) in [6.07, 6.45) is 2.49. The predicted molar refractivity (Wildman–Crippen MR) is 95.0 cm³/mol. The summed E-state index contributed by atoms with van der Waals surface area (Å²) in [5.41, 5.74) is 7.60. The molecule has 1 fully saturated rings. The van der Waals surface area contributed by atoms with Gasteiger partial charge in [-0.25, -0.2) is 0 Å². The summed E-state index contributed by atoms with van der Waals surface area (Å²) in [6, 6.07) is 7.90. The summed E-state index contributed by atoms with van der Waals surface area (Å²) in [7, 11) is 0. The van der Waals surface area contributed by atoms with Gasteiger partial charge in [0.2, 0.25) is 5.91 Å². The van der Waals surface area contributed by atoms with Crippen LogP contribution in [0.4, 0.5) is 0 Å². The van der Waals surface area contributed by atoms with Crippen LogP contribution in [0, 0.1) is 5.92 Å². The molecule has 1 aliphatic rings. The molecule has 1 heterocycles. The van der Waals surface area contributed by atoms with Crippen molar-refractivity contribution in [1.29, 1.82) is 0 Å². The zero-order valence-corrected chi connectivity index (χ0v) is 14.8. The number of carbonyl (C=O) groups is 2. The second-order valence-electron chi connectivity index (χ2n) is 6.21. The van der Waals surface area contributed by atoms with Crippen molar-refractivity contribution in [2.45, 2.75) is 45.6 Å². The number of amides is 1. The van der Waals surface area contributed by atoms with Crippen molar-refractivity contribution < 1.29 is 9.59 Å². The molecule has 23 heavy (non-hydrogen) atoms. The van der Waals surface area contributed by atoms with E-state index in [1.165, 1.54) is 5.56 Å². The Balaban J connectivity index is 0.00000264. The van der Waals surface area contributed by atoms with Crippen LogP contribution < -0.4 is 5.73 Å². The molecule has 1 aromatic rings. The highest BCUT2D eigenvalue weighted by Gasteiger charge is 2.31. The maximum atomic E-state index is 12.3. The average molecular weight is 339 g/mol. The molecule has 2 unspecified atom stereocenters. The molecule has 0 aromatic heterocycles. The highest BCUT2D eigenvalue weighted by molar-refractivity contribution is 5.98. The number of ketones is 1. The monoisotopic (exact) mass is 338 g/mol. The number of benzene rings is 1. The number of hydrogen-bond acceptors (Lipinski definition) is 3. The Morgan fingerprint density at radius 3 is 2.39 bits per heavy atom. The number of aryl methyl sites for hydroxylation is 1. The van der Waals surface area contributed by atoms with E-state index in [1.54, 1.807) is 0 Å². The Bertz CT molecular complexity index is 530. The lowest BCUT2D eigenvalue weighted by Crippen LogP contribution is -2.34. The van der Waals surface area contributed by atoms with Gasteiger partial charge in [-0.15, -0.1) is 12.4 Å². The van der Waals surface area contributed by atoms with E-state index in [-0.39, 0.29) is 43.0 Å². The third-order valence-corrected chi connectivity index (χ3v) is 4.57. The SMILES string of the molecule is CCc1ccc(C(=O)CCC(=O)N2CC(CN)CC2C)cc1.Cl. The summed E-state index contributed by atoms with van der Waals surface area (Å²) >= 11 is 0. The Labute approximate surface area is 144 Å². The molecule has 128 valence electrons. The lowest BCUT2D eigenvalue weighted by Gasteiger charge is -2.21. The zero-order chi connectivity index (χ0) is 16.1. The van der Waals surface area contributed by atoms with Gasteiger partial charge >= 0.3 is 0 Å². The number of rotatable bonds is 6. The van der Waals surface area contributed by atoms with Crippen LogP contribution >= 0.6 is 12.4 Å². The number of likely N-dealkylation sites (tertiary alicyclic amines) is 1. The summed E-state index contributed by atoms with van der Waals surface area (Å²) in [4.78, 5) is 26.3. The Hall–Kier alpha value is -1.39. The minimum atomic E-state index is 0. The van der Waals surface area contributed by atoms with Gasteiger partial charge in [-0.05, 0) is 37.8 Å². The molecule has 0 radical (unpaired) electrons. The first-order chi connectivity index (χ1) is 10.5. The molecule has 2 rings (SSSR count). The Morgan fingerprint density at radius 2 is 1.87 bits per heavy atom. The number of carbonyl (C=O) groups excluding carboxylic acids is 2. The molecule has 1 amide bonds. The molecular formula is C18H27ClN2O2. The van der Waals surface area contributed by atoms with Crippen molar-refractivity contribution in [1.82, 2.24) is 4.90 Å². The molecule has 1 saturated heterocycles. The van der Waals surface area contributed by atoms with Crippen LogP contribution in [0.3, 0.4) is 0 Å². The second-order valence-corrected chi connectivity index (χ2v) is 6.21. The van der Waals surface area contributed by atoms with E-state index in [2.05, 4.69) is 13.8 Å². The summed E-state index contributed by atoms with van der Waals surface area (Å²) < 4.78 is 0. The van der Waals surface area contributed by atoms with Crippen molar-refractivity contribution in [3.63, 3.8) is 0 Å². The van der Waals surface area contributed by atoms with E-state index < -0.39 is 0 Å². The van der Waals surface area contributed by atoms with E-state index in [9.17, 15) is 9.59 Å². The van der Waals surface area contributed by atoms with E-state index in [0.717, 1.165) is 19.4 Å². The normalized spacial score (nSPS) is 20.2. The maximum Gasteiger partial charge on any atom is 0.223 e. The predicted octanol–water partition coefficient (Wildman–Crippen LogP) is 2.83. The number of hydrogen-bond donors (Lipinski definition) is 1. The van der Waals surface area contributed by atoms with Gasteiger partial charge < -0.3 is 10.6 Å². The fraction of sp³-hybridized carbons (Fsp3) is 0.556. The van der Waals surface area contributed by atoms with E-state index in [4.69, 9.17) is 5.73 Å². The summed E-state index contributed by atoms with van der Waals surface area (Å²) in [5, 5.41) is 0. The van der Waals surface area contributed by atoms with Crippen LogP contribution in [-0.2, 0) is 11.2 Å². The van der Waals surface area contributed by atoms with E-state index in [0.29, 0.717) is 18.0 Å². The van der Waals surface area contributed by atoms with Crippen LogP contribution in [0.15, 0.2) is 24.3 Å². The first-order valence-corrected chi connectivity index (χ1v) is 8.16. The van der Waals surface area contributed by atoms with Crippen molar-refractivity contribution in [3.05, 3.63) is 35.4 Å². The molecule has 0 aliphatic carbocycles. The molecule has 4 nitrogen and oxygen atoms in total. The third kappa shape index (κ3) is 5.05. The molecule has 1 aromatic carbocycles. The lowest BCUT2D eigenvalue weighted by atomic mass is 10.0. The van der Waals surface area contributed by atoms with Gasteiger partial charge in [0.1, 0.15) is 0 Å². The van der Waals surface area contributed by atoms with Crippen LogP contribution in [0.2, 0.25) is 0 Å². The maximum absolute atomic E-state index is 12.3. The first kappa shape index (κ1) is 19.7. The molecule has 5 heteroatoms. The van der Waals surface area contributed by atoms with Crippen molar-refractivity contribution in [2.24, 2.45) is 11.7 Å². The standard InChI is InChI=1S/C18H26N2O2.ClH/c1-3-14-4-6-16(7-5-14)17(21)8-9-18(22)20-12-15(11-19)10-13(20)2;/h4-7,13,15H,3,8-12,19H2,1-2H3;1H. The van der Waals surface area contributed by atoms with Crippen LogP contribution in [0.1, 0.15) is 49.0 Å². The minimum Gasteiger partial charge on any atom is -0.340 e. The molecule has 2 atom stereocenters. The number of halogens is 1. The molecule has 2 N–H and O–H groups in total. The second kappa shape index (κ2) is 9.04. The van der Waals surface area contributed by atoms with Crippen molar-refractivity contribution in [3.8, 4) is 0 Å². The minimum absolute atomic E-state index is 0. The Kier molecular flexibility index (Phi) is 7.73. The fourth-order valence-electron chi connectivity index (χ4n) is 3.10. The van der Waals surface area contributed by atoms with E-state index in [1.807, 2.05) is 29.2 Å². The molecular weight excluding hydrogens is 312 g/mol. The number of Topliss-reactive ketones (excluding diaryl/α,β-unsaturated/α-hetero) is 1. The molecule has 0 spiro atoms. The third-order valence-electron chi connectivity index (χ3n) is 4.57.